The molecule has 0 bridgehead atoms. The van der Waals surface area contributed by atoms with E-state index in [1.807, 2.05) is 0 Å². The summed E-state index contributed by atoms with van der Waals surface area (Å²) in [4.78, 5) is 34.6. The van der Waals surface area contributed by atoms with Gasteiger partial charge in [0.05, 0.1) is 24.6 Å². The van der Waals surface area contributed by atoms with Crippen molar-refractivity contribution in [3.8, 4) is 5.75 Å². The first-order chi connectivity index (χ1) is 10.7. The third-order valence-electron chi connectivity index (χ3n) is 4.16. The van der Waals surface area contributed by atoms with Crippen LogP contribution < -0.4 is 15.4 Å². The number of carboxylic acids is 1. The van der Waals surface area contributed by atoms with Crippen molar-refractivity contribution in [2.75, 3.05) is 17.7 Å². The number of rotatable bonds is 5. The normalized spacial score (nSPS) is 21.2. The van der Waals surface area contributed by atoms with Gasteiger partial charge in [-0.15, -0.1) is 0 Å². The average molecular weight is 320 g/mol. The smallest absolute Gasteiger partial charge is 0.307 e. The topological polar surface area (TPSA) is 105 Å². The Hall–Kier alpha value is -2.57. The fourth-order valence-corrected chi connectivity index (χ4v) is 2.87. The van der Waals surface area contributed by atoms with Crippen LogP contribution in [0.15, 0.2) is 18.2 Å². The largest absolute Gasteiger partial charge is 0.494 e. The van der Waals surface area contributed by atoms with Crippen molar-refractivity contribution in [3.63, 3.8) is 0 Å². The van der Waals surface area contributed by atoms with Crippen molar-refractivity contribution < 1.29 is 24.2 Å². The fraction of sp³-hybridized carbons (Fsp3) is 0.438. The van der Waals surface area contributed by atoms with Gasteiger partial charge in [0.1, 0.15) is 5.75 Å². The Morgan fingerprint density at radius 2 is 1.83 bits per heavy atom. The number of amides is 2. The maximum absolute atomic E-state index is 12.3. The first-order valence-corrected chi connectivity index (χ1v) is 7.17. The SMILES string of the molecule is COc1cc(NC(=O)[C@@H]2[C@H](C(=O)O)C2(C)C)ccc1NC(C)=O. The standard InChI is InChI=1S/C16H20N2O5/c1-8(19)17-10-6-5-9(7-11(10)23-4)18-14(20)12-13(15(21)22)16(12,2)3/h5-7,12-13H,1-4H3,(H,17,19)(H,18,20)(H,21,22)/t12-,13+/m0/s1. The van der Waals surface area contributed by atoms with Gasteiger partial charge in [0.15, 0.2) is 0 Å². The Kier molecular flexibility index (Phi) is 4.31. The van der Waals surface area contributed by atoms with E-state index in [9.17, 15) is 14.4 Å². The van der Waals surface area contributed by atoms with E-state index < -0.39 is 23.2 Å². The van der Waals surface area contributed by atoms with Crippen LogP contribution in [0, 0.1) is 17.3 Å². The zero-order valence-corrected chi connectivity index (χ0v) is 13.5. The number of anilines is 2. The molecule has 0 unspecified atom stereocenters. The second kappa shape index (κ2) is 5.91. The average Bonchev–Trinajstić information content (AvgIpc) is 3.03. The number of hydrogen-bond donors (Lipinski definition) is 3. The third-order valence-corrected chi connectivity index (χ3v) is 4.16. The van der Waals surface area contributed by atoms with Gasteiger partial charge in [-0.2, -0.15) is 0 Å². The molecular formula is C16H20N2O5. The molecule has 1 fully saturated rings. The van der Waals surface area contributed by atoms with E-state index in [2.05, 4.69) is 10.6 Å². The van der Waals surface area contributed by atoms with Crippen molar-refractivity contribution in [2.24, 2.45) is 17.3 Å². The maximum atomic E-state index is 12.3. The van der Waals surface area contributed by atoms with Crippen molar-refractivity contribution >= 4 is 29.2 Å². The first kappa shape index (κ1) is 16.8. The summed E-state index contributed by atoms with van der Waals surface area (Å²) in [5.74, 6) is -2.37. The van der Waals surface area contributed by atoms with Gasteiger partial charge in [0.25, 0.3) is 0 Å². The van der Waals surface area contributed by atoms with Crippen molar-refractivity contribution in [1.82, 2.24) is 0 Å². The third kappa shape index (κ3) is 3.28. The molecule has 1 saturated carbocycles. The number of methoxy groups -OCH3 is 1. The van der Waals surface area contributed by atoms with Gasteiger partial charge in [0.2, 0.25) is 11.8 Å². The summed E-state index contributed by atoms with van der Waals surface area (Å²) in [7, 11) is 1.46. The molecule has 124 valence electrons. The summed E-state index contributed by atoms with van der Waals surface area (Å²) in [5.41, 5.74) is 0.414. The van der Waals surface area contributed by atoms with Gasteiger partial charge in [0, 0.05) is 18.7 Å². The first-order valence-electron chi connectivity index (χ1n) is 7.17. The minimum absolute atomic E-state index is 0.232. The van der Waals surface area contributed by atoms with E-state index in [-0.39, 0.29) is 11.8 Å². The molecule has 1 aliphatic rings. The molecule has 0 heterocycles. The minimum Gasteiger partial charge on any atom is -0.494 e. The number of carbonyl (C=O) groups is 3. The molecular weight excluding hydrogens is 300 g/mol. The van der Waals surface area contributed by atoms with Crippen LogP contribution in [0.4, 0.5) is 11.4 Å². The molecule has 2 atom stereocenters. The van der Waals surface area contributed by atoms with Gasteiger partial charge >= 0.3 is 5.97 Å². The second-order valence-corrected chi connectivity index (χ2v) is 6.20. The molecule has 1 aromatic rings. The Labute approximate surface area is 134 Å². The Balaban J connectivity index is 2.13. The molecule has 0 aliphatic heterocycles. The van der Waals surface area contributed by atoms with Crippen LogP contribution >= 0.6 is 0 Å². The second-order valence-electron chi connectivity index (χ2n) is 6.20. The summed E-state index contributed by atoms with van der Waals surface area (Å²) >= 11 is 0. The molecule has 0 saturated heterocycles. The van der Waals surface area contributed by atoms with Gasteiger partial charge in [-0.1, -0.05) is 13.8 Å². The number of hydrogen-bond acceptors (Lipinski definition) is 4. The monoisotopic (exact) mass is 320 g/mol. The lowest BCUT2D eigenvalue weighted by Gasteiger charge is -2.12. The Morgan fingerprint density at radius 3 is 2.30 bits per heavy atom. The maximum Gasteiger partial charge on any atom is 0.307 e. The molecule has 0 radical (unpaired) electrons. The zero-order chi connectivity index (χ0) is 17.4. The molecule has 7 nitrogen and oxygen atoms in total. The lowest BCUT2D eigenvalue weighted by Crippen LogP contribution is -2.18. The predicted octanol–water partition coefficient (Wildman–Crippen LogP) is 1.95. The van der Waals surface area contributed by atoms with Crippen LogP contribution in [0.25, 0.3) is 0 Å². The lowest BCUT2D eigenvalue weighted by atomic mass is 10.1. The lowest BCUT2D eigenvalue weighted by molar-refractivity contribution is -0.140. The highest BCUT2D eigenvalue weighted by Gasteiger charge is 2.65. The van der Waals surface area contributed by atoms with Crippen LogP contribution in [0.5, 0.6) is 5.75 Å². The molecule has 1 aliphatic carbocycles. The van der Waals surface area contributed by atoms with Gasteiger partial charge in [-0.3, -0.25) is 14.4 Å². The highest BCUT2D eigenvalue weighted by atomic mass is 16.5. The molecule has 0 spiro atoms. The van der Waals surface area contributed by atoms with E-state index in [1.165, 1.54) is 14.0 Å². The summed E-state index contributed by atoms with van der Waals surface area (Å²) < 4.78 is 5.18. The van der Waals surface area contributed by atoms with Crippen LogP contribution in [-0.4, -0.2) is 30.0 Å². The number of ether oxygens (including phenoxy) is 1. The number of benzene rings is 1. The van der Waals surface area contributed by atoms with Crippen molar-refractivity contribution in [1.29, 1.82) is 0 Å². The van der Waals surface area contributed by atoms with E-state index in [0.29, 0.717) is 17.1 Å². The van der Waals surface area contributed by atoms with Gasteiger partial charge in [-0.25, -0.2) is 0 Å². The molecule has 2 amide bonds. The number of carbonyl (C=O) groups excluding carboxylic acids is 2. The van der Waals surface area contributed by atoms with Crippen molar-refractivity contribution in [2.45, 2.75) is 20.8 Å². The quantitative estimate of drug-likeness (QED) is 0.769. The molecule has 3 N–H and O–H groups in total. The minimum atomic E-state index is -0.964. The predicted molar refractivity (Wildman–Crippen MR) is 84.3 cm³/mol. The number of carboxylic acid groups (broad SMARTS) is 1. The van der Waals surface area contributed by atoms with Crippen LogP contribution in [0.1, 0.15) is 20.8 Å². The van der Waals surface area contributed by atoms with E-state index in [0.717, 1.165) is 0 Å². The van der Waals surface area contributed by atoms with Crippen LogP contribution in [0.3, 0.4) is 0 Å². The molecule has 7 heteroatoms. The van der Waals surface area contributed by atoms with E-state index in [4.69, 9.17) is 9.84 Å². The Bertz CT molecular complexity index is 668. The van der Waals surface area contributed by atoms with E-state index in [1.54, 1.807) is 32.0 Å². The molecule has 2 rings (SSSR count). The van der Waals surface area contributed by atoms with Gasteiger partial charge in [-0.05, 0) is 17.5 Å². The fourth-order valence-electron chi connectivity index (χ4n) is 2.87. The Morgan fingerprint density at radius 1 is 1.17 bits per heavy atom. The van der Waals surface area contributed by atoms with E-state index >= 15 is 0 Å². The summed E-state index contributed by atoms with van der Waals surface area (Å²) in [6.45, 7) is 4.91. The molecule has 1 aromatic carbocycles. The molecule has 23 heavy (non-hydrogen) atoms. The summed E-state index contributed by atoms with van der Waals surface area (Å²) in [6.07, 6.45) is 0. The van der Waals surface area contributed by atoms with Crippen LogP contribution in [0.2, 0.25) is 0 Å². The number of aliphatic carboxylic acids is 1. The van der Waals surface area contributed by atoms with Gasteiger partial charge < -0.3 is 20.5 Å². The van der Waals surface area contributed by atoms with Crippen molar-refractivity contribution in [3.05, 3.63) is 18.2 Å². The summed E-state index contributed by atoms with van der Waals surface area (Å²) in [6, 6.07) is 4.81. The summed E-state index contributed by atoms with van der Waals surface area (Å²) in [5, 5.41) is 14.5. The van der Waals surface area contributed by atoms with Crippen LogP contribution in [-0.2, 0) is 14.4 Å². The highest BCUT2D eigenvalue weighted by molar-refractivity contribution is 6.00. The zero-order valence-electron chi connectivity index (χ0n) is 13.5. The highest BCUT2D eigenvalue weighted by Crippen LogP contribution is 2.58. The number of nitrogens with one attached hydrogen (secondary N) is 2. The molecule has 0 aromatic heterocycles.